The number of carboxylic acids is 1. The van der Waals surface area contributed by atoms with Crippen molar-refractivity contribution in [3.05, 3.63) is 28.6 Å². The van der Waals surface area contributed by atoms with E-state index in [-0.39, 0.29) is 0 Å². The minimum atomic E-state index is -0.886. The van der Waals surface area contributed by atoms with Crippen molar-refractivity contribution in [2.75, 3.05) is 0 Å². The summed E-state index contributed by atoms with van der Waals surface area (Å²) in [5.74, 6) is -0.886. The molecule has 0 saturated carbocycles. The number of carboxylic acid groups (broad SMARTS) is 1. The molecule has 2 aromatic heterocycles. The number of carbonyl (C=O) groups is 1. The van der Waals surface area contributed by atoms with Crippen molar-refractivity contribution in [1.29, 1.82) is 0 Å². The quantitative estimate of drug-likeness (QED) is 0.819. The van der Waals surface area contributed by atoms with E-state index in [2.05, 4.69) is 5.10 Å². The van der Waals surface area contributed by atoms with Gasteiger partial charge in [0.25, 0.3) is 0 Å². The number of aromatic carboxylic acids is 1. The van der Waals surface area contributed by atoms with Crippen molar-refractivity contribution < 1.29 is 9.90 Å². The van der Waals surface area contributed by atoms with Crippen molar-refractivity contribution in [2.24, 2.45) is 7.05 Å². The summed E-state index contributed by atoms with van der Waals surface area (Å²) >= 11 is 1.22. The molecule has 0 spiro atoms. The van der Waals surface area contributed by atoms with Gasteiger partial charge in [0, 0.05) is 24.2 Å². The summed E-state index contributed by atoms with van der Waals surface area (Å²) < 4.78 is 1.72. The van der Waals surface area contributed by atoms with Crippen LogP contribution in [0.2, 0.25) is 0 Å². The Morgan fingerprint density at radius 2 is 2.43 bits per heavy atom. The number of nitrogens with zero attached hydrogens (tertiary/aromatic N) is 2. The maximum absolute atomic E-state index is 10.7. The van der Waals surface area contributed by atoms with Gasteiger partial charge in [0.1, 0.15) is 4.88 Å². The smallest absolute Gasteiger partial charge is 0.345 e. The third-order valence-electron chi connectivity index (χ3n) is 1.93. The van der Waals surface area contributed by atoms with Crippen molar-refractivity contribution >= 4 is 17.3 Å². The van der Waals surface area contributed by atoms with E-state index in [0.29, 0.717) is 4.88 Å². The number of aromatic nitrogens is 2. The third kappa shape index (κ3) is 1.42. The molecule has 0 aliphatic heterocycles. The zero-order valence-electron chi connectivity index (χ0n) is 7.47. The standard InChI is InChI=1S/C9H8N2O2S/c1-11-7(2-3-10-11)6-4-8(9(12)13)14-5-6/h2-5H,1H3,(H,12,13). The molecule has 5 heteroatoms. The fraction of sp³-hybridized carbons (Fsp3) is 0.111. The Labute approximate surface area is 84.4 Å². The molecule has 72 valence electrons. The van der Waals surface area contributed by atoms with Crippen molar-refractivity contribution in [1.82, 2.24) is 9.78 Å². The summed E-state index contributed by atoms with van der Waals surface area (Å²) in [5.41, 5.74) is 1.82. The van der Waals surface area contributed by atoms with Gasteiger partial charge in [-0.2, -0.15) is 5.10 Å². The molecule has 0 aliphatic carbocycles. The maximum atomic E-state index is 10.7. The average Bonchev–Trinajstić information content (AvgIpc) is 2.71. The highest BCUT2D eigenvalue weighted by Crippen LogP contribution is 2.24. The van der Waals surface area contributed by atoms with E-state index in [9.17, 15) is 4.79 Å². The molecule has 1 N–H and O–H groups in total. The van der Waals surface area contributed by atoms with Gasteiger partial charge in [0.2, 0.25) is 0 Å². The van der Waals surface area contributed by atoms with Gasteiger partial charge in [-0.25, -0.2) is 4.79 Å². The minimum absolute atomic E-state index is 0.348. The topological polar surface area (TPSA) is 55.1 Å². The molecule has 4 nitrogen and oxygen atoms in total. The number of aryl methyl sites for hydroxylation is 1. The van der Waals surface area contributed by atoms with Crippen LogP contribution < -0.4 is 0 Å². The fourth-order valence-electron chi connectivity index (χ4n) is 1.24. The van der Waals surface area contributed by atoms with E-state index < -0.39 is 5.97 Å². The highest BCUT2D eigenvalue weighted by atomic mass is 32.1. The zero-order chi connectivity index (χ0) is 10.1. The zero-order valence-corrected chi connectivity index (χ0v) is 8.28. The first kappa shape index (κ1) is 8.96. The molecule has 0 saturated heterocycles. The second kappa shape index (κ2) is 3.26. The molecule has 0 aliphatic rings. The Hall–Kier alpha value is -1.62. The largest absolute Gasteiger partial charge is 0.477 e. The van der Waals surface area contributed by atoms with E-state index in [1.165, 1.54) is 11.3 Å². The van der Waals surface area contributed by atoms with Gasteiger partial charge in [-0.3, -0.25) is 4.68 Å². The number of hydrogen-bond donors (Lipinski definition) is 1. The highest BCUT2D eigenvalue weighted by Gasteiger charge is 2.09. The lowest BCUT2D eigenvalue weighted by Gasteiger charge is -1.96. The predicted octanol–water partition coefficient (Wildman–Crippen LogP) is 1.85. The van der Waals surface area contributed by atoms with Gasteiger partial charge >= 0.3 is 5.97 Å². The average molecular weight is 208 g/mol. The first-order valence-electron chi connectivity index (χ1n) is 3.98. The monoisotopic (exact) mass is 208 g/mol. The normalized spacial score (nSPS) is 10.4. The summed E-state index contributed by atoms with van der Waals surface area (Å²) in [4.78, 5) is 11.0. The Bertz CT molecular complexity index is 473. The van der Waals surface area contributed by atoms with Gasteiger partial charge in [0.05, 0.1) is 5.69 Å². The molecular formula is C9H8N2O2S. The van der Waals surface area contributed by atoms with E-state index >= 15 is 0 Å². The number of thiophene rings is 1. The Balaban J connectivity index is 2.43. The van der Waals surface area contributed by atoms with Gasteiger partial charge in [0.15, 0.2) is 0 Å². The molecule has 0 aromatic carbocycles. The van der Waals surface area contributed by atoms with E-state index in [1.54, 1.807) is 16.9 Å². The van der Waals surface area contributed by atoms with Crippen molar-refractivity contribution in [3.8, 4) is 11.3 Å². The first-order valence-corrected chi connectivity index (χ1v) is 4.86. The molecule has 14 heavy (non-hydrogen) atoms. The van der Waals surface area contributed by atoms with Crippen LogP contribution in [0.15, 0.2) is 23.7 Å². The second-order valence-corrected chi connectivity index (χ2v) is 3.76. The van der Waals surface area contributed by atoms with Crippen LogP contribution in [-0.4, -0.2) is 20.9 Å². The van der Waals surface area contributed by atoms with Gasteiger partial charge < -0.3 is 5.11 Å². The van der Waals surface area contributed by atoms with Gasteiger partial charge in [-0.05, 0) is 12.1 Å². The predicted molar refractivity (Wildman–Crippen MR) is 53.5 cm³/mol. The SMILES string of the molecule is Cn1nccc1-c1csc(C(=O)O)c1. The Morgan fingerprint density at radius 1 is 1.64 bits per heavy atom. The van der Waals surface area contributed by atoms with Crippen LogP contribution in [-0.2, 0) is 7.05 Å². The fourth-order valence-corrected chi connectivity index (χ4v) is 1.98. The summed E-state index contributed by atoms with van der Waals surface area (Å²) in [6.45, 7) is 0. The van der Waals surface area contributed by atoms with Crippen LogP contribution in [0.3, 0.4) is 0 Å². The minimum Gasteiger partial charge on any atom is -0.477 e. The van der Waals surface area contributed by atoms with Crippen molar-refractivity contribution in [3.63, 3.8) is 0 Å². The van der Waals surface area contributed by atoms with Crippen LogP contribution in [0, 0.1) is 0 Å². The molecule has 2 rings (SSSR count). The molecule has 0 amide bonds. The van der Waals surface area contributed by atoms with E-state index in [1.807, 2.05) is 18.5 Å². The van der Waals surface area contributed by atoms with E-state index in [0.717, 1.165) is 11.3 Å². The molecule has 0 radical (unpaired) electrons. The molecule has 0 atom stereocenters. The summed E-state index contributed by atoms with van der Waals surface area (Å²) in [5, 5.41) is 14.6. The molecule has 0 unspecified atom stereocenters. The summed E-state index contributed by atoms with van der Waals surface area (Å²) in [7, 11) is 1.83. The molecule has 2 aromatic rings. The second-order valence-electron chi connectivity index (χ2n) is 2.84. The van der Waals surface area contributed by atoms with Crippen LogP contribution in [0.1, 0.15) is 9.67 Å². The van der Waals surface area contributed by atoms with Crippen LogP contribution >= 0.6 is 11.3 Å². The molecule has 0 fully saturated rings. The lowest BCUT2D eigenvalue weighted by Crippen LogP contribution is -1.93. The third-order valence-corrected chi connectivity index (χ3v) is 2.85. The molecule has 2 heterocycles. The summed E-state index contributed by atoms with van der Waals surface area (Å²) in [6, 6.07) is 3.51. The Kier molecular flexibility index (Phi) is 2.09. The van der Waals surface area contributed by atoms with Gasteiger partial charge in [-0.1, -0.05) is 0 Å². The number of hydrogen-bond acceptors (Lipinski definition) is 3. The van der Waals surface area contributed by atoms with Gasteiger partial charge in [-0.15, -0.1) is 11.3 Å². The summed E-state index contributed by atoms with van der Waals surface area (Å²) in [6.07, 6.45) is 1.69. The first-order chi connectivity index (χ1) is 6.68. The van der Waals surface area contributed by atoms with Crippen LogP contribution in [0.4, 0.5) is 0 Å². The lowest BCUT2D eigenvalue weighted by atomic mass is 10.2. The molecular weight excluding hydrogens is 200 g/mol. The van der Waals surface area contributed by atoms with Crippen molar-refractivity contribution in [2.45, 2.75) is 0 Å². The molecule has 0 bridgehead atoms. The van der Waals surface area contributed by atoms with E-state index in [4.69, 9.17) is 5.11 Å². The maximum Gasteiger partial charge on any atom is 0.345 e. The van der Waals surface area contributed by atoms with Crippen LogP contribution in [0.5, 0.6) is 0 Å². The van der Waals surface area contributed by atoms with Crippen LogP contribution in [0.25, 0.3) is 11.3 Å². The lowest BCUT2D eigenvalue weighted by molar-refractivity contribution is 0.0702. The number of rotatable bonds is 2. The Morgan fingerprint density at radius 3 is 2.93 bits per heavy atom. The highest BCUT2D eigenvalue weighted by molar-refractivity contribution is 7.12.